The van der Waals surface area contributed by atoms with E-state index >= 15 is 0 Å². The number of aromatic nitrogens is 3. The predicted molar refractivity (Wildman–Crippen MR) is 111 cm³/mol. The third kappa shape index (κ3) is 4.20. The summed E-state index contributed by atoms with van der Waals surface area (Å²) in [5, 5.41) is 12.8. The van der Waals surface area contributed by atoms with Gasteiger partial charge in [0.25, 0.3) is 0 Å². The number of amides is 1. The molecule has 2 N–H and O–H groups in total. The van der Waals surface area contributed by atoms with Crippen LogP contribution in [0.1, 0.15) is 16.7 Å². The van der Waals surface area contributed by atoms with Gasteiger partial charge in [0.1, 0.15) is 5.65 Å². The fourth-order valence-corrected chi connectivity index (χ4v) is 2.99. The molecule has 3 heterocycles. The maximum Gasteiger partial charge on any atom is 0.244 e. The highest BCUT2D eigenvalue weighted by molar-refractivity contribution is 5.96. The highest BCUT2D eigenvalue weighted by atomic mass is 16.1. The third-order valence-corrected chi connectivity index (χ3v) is 4.52. The van der Waals surface area contributed by atoms with E-state index in [9.17, 15) is 4.79 Å². The number of rotatable bonds is 5. The van der Waals surface area contributed by atoms with Crippen LogP contribution in [-0.4, -0.2) is 20.9 Å². The molecule has 0 radical (unpaired) electrons. The molecule has 4 rings (SSSR count). The van der Waals surface area contributed by atoms with Gasteiger partial charge in [-0.3, -0.25) is 9.78 Å². The van der Waals surface area contributed by atoms with Crippen LogP contribution in [0, 0.1) is 11.3 Å². The topological polar surface area (TPSA) is 94.5 Å². The van der Waals surface area contributed by atoms with Crippen LogP contribution < -0.4 is 5.32 Å². The molecule has 0 fully saturated rings. The van der Waals surface area contributed by atoms with Gasteiger partial charge in [0.2, 0.25) is 5.91 Å². The number of nitriles is 1. The molecule has 0 unspecified atom stereocenters. The second-order valence-corrected chi connectivity index (χ2v) is 6.46. The number of aromatic amines is 1. The molecular weight excluding hydrogens is 362 g/mol. The van der Waals surface area contributed by atoms with Crippen molar-refractivity contribution in [2.75, 3.05) is 0 Å². The zero-order valence-electron chi connectivity index (χ0n) is 15.5. The molecule has 0 spiro atoms. The lowest BCUT2D eigenvalue weighted by molar-refractivity contribution is -0.116. The molecule has 0 aliphatic rings. The first-order chi connectivity index (χ1) is 14.2. The lowest BCUT2D eigenvalue weighted by Crippen LogP contribution is -2.20. The first-order valence-corrected chi connectivity index (χ1v) is 9.05. The van der Waals surface area contributed by atoms with Crippen molar-refractivity contribution >= 4 is 23.0 Å². The van der Waals surface area contributed by atoms with E-state index in [2.05, 4.69) is 26.3 Å². The summed E-state index contributed by atoms with van der Waals surface area (Å²) >= 11 is 0. The number of nitrogens with one attached hydrogen (secondary N) is 2. The van der Waals surface area contributed by atoms with Gasteiger partial charge in [-0.1, -0.05) is 12.1 Å². The van der Waals surface area contributed by atoms with Crippen molar-refractivity contribution < 1.29 is 4.79 Å². The Morgan fingerprint density at radius 2 is 1.97 bits per heavy atom. The Labute approximate surface area is 167 Å². The number of hydrogen-bond donors (Lipinski definition) is 2. The summed E-state index contributed by atoms with van der Waals surface area (Å²) in [5.41, 5.74) is 5.19. The summed E-state index contributed by atoms with van der Waals surface area (Å²) in [6, 6.07) is 15.2. The smallest absolute Gasteiger partial charge is 0.244 e. The van der Waals surface area contributed by atoms with Crippen molar-refractivity contribution in [2.24, 2.45) is 0 Å². The average Bonchev–Trinajstić information content (AvgIpc) is 3.20. The minimum Gasteiger partial charge on any atom is -0.348 e. The van der Waals surface area contributed by atoms with Gasteiger partial charge in [-0.2, -0.15) is 5.26 Å². The molecule has 0 saturated carbocycles. The predicted octanol–water partition coefficient (Wildman–Crippen LogP) is 3.83. The lowest BCUT2D eigenvalue weighted by Gasteiger charge is -2.02. The maximum atomic E-state index is 12.1. The molecule has 29 heavy (non-hydrogen) atoms. The van der Waals surface area contributed by atoms with Gasteiger partial charge in [0.05, 0.1) is 11.6 Å². The molecule has 0 saturated heterocycles. The van der Waals surface area contributed by atoms with Crippen LogP contribution in [-0.2, 0) is 11.3 Å². The minimum atomic E-state index is -0.178. The van der Waals surface area contributed by atoms with Crippen molar-refractivity contribution in [1.82, 2.24) is 20.3 Å². The Kier molecular flexibility index (Phi) is 5.12. The second kappa shape index (κ2) is 8.19. The SMILES string of the molecule is N#Cc1ccc(-c2c[nH]c3ncc(/C=C/C(=O)NCc4ccncc4)cc23)cc1. The summed E-state index contributed by atoms with van der Waals surface area (Å²) in [5.74, 6) is -0.178. The fourth-order valence-electron chi connectivity index (χ4n) is 2.99. The van der Waals surface area contributed by atoms with Gasteiger partial charge in [-0.05, 0) is 53.1 Å². The third-order valence-electron chi connectivity index (χ3n) is 4.52. The summed E-state index contributed by atoms with van der Waals surface area (Å²) in [4.78, 5) is 23.6. The lowest BCUT2D eigenvalue weighted by atomic mass is 10.0. The van der Waals surface area contributed by atoms with E-state index in [1.54, 1.807) is 36.8 Å². The number of benzene rings is 1. The van der Waals surface area contributed by atoms with Crippen molar-refractivity contribution in [3.8, 4) is 17.2 Å². The van der Waals surface area contributed by atoms with Crippen molar-refractivity contribution in [2.45, 2.75) is 6.54 Å². The number of pyridine rings is 2. The Hall–Kier alpha value is -4.24. The molecule has 0 aliphatic heterocycles. The quantitative estimate of drug-likeness (QED) is 0.515. The molecule has 1 amide bonds. The molecular formula is C23H17N5O. The molecule has 6 heteroatoms. The number of H-pyrrole nitrogens is 1. The van der Waals surface area contributed by atoms with Crippen molar-refractivity contribution in [1.29, 1.82) is 5.26 Å². The maximum absolute atomic E-state index is 12.1. The van der Waals surface area contributed by atoms with Crippen molar-refractivity contribution in [3.63, 3.8) is 0 Å². The van der Waals surface area contributed by atoms with Crippen LogP contribution in [0.2, 0.25) is 0 Å². The zero-order valence-corrected chi connectivity index (χ0v) is 15.5. The monoisotopic (exact) mass is 379 g/mol. The van der Waals surface area contributed by atoms with Crippen LogP contribution in [0.25, 0.3) is 28.2 Å². The van der Waals surface area contributed by atoms with Crippen LogP contribution >= 0.6 is 0 Å². The molecule has 6 nitrogen and oxygen atoms in total. The van der Waals surface area contributed by atoms with E-state index in [0.717, 1.165) is 33.3 Å². The number of nitrogens with zero attached hydrogens (tertiary/aromatic N) is 3. The highest BCUT2D eigenvalue weighted by Crippen LogP contribution is 2.28. The number of carbonyl (C=O) groups is 1. The van der Waals surface area contributed by atoms with Gasteiger partial charge in [-0.25, -0.2) is 4.98 Å². The Morgan fingerprint density at radius 3 is 2.72 bits per heavy atom. The summed E-state index contributed by atoms with van der Waals surface area (Å²) < 4.78 is 0. The van der Waals surface area contributed by atoms with Gasteiger partial charge >= 0.3 is 0 Å². The Balaban J connectivity index is 1.51. The average molecular weight is 379 g/mol. The van der Waals surface area contributed by atoms with E-state index in [-0.39, 0.29) is 5.91 Å². The zero-order chi connectivity index (χ0) is 20.1. The molecule has 4 aromatic rings. The van der Waals surface area contributed by atoms with E-state index in [1.165, 1.54) is 6.08 Å². The molecule has 0 aliphatic carbocycles. The van der Waals surface area contributed by atoms with Crippen LogP contribution in [0.5, 0.6) is 0 Å². The van der Waals surface area contributed by atoms with Crippen LogP contribution in [0.3, 0.4) is 0 Å². The van der Waals surface area contributed by atoms with Crippen LogP contribution in [0.15, 0.2) is 73.3 Å². The van der Waals surface area contributed by atoms with Gasteiger partial charge < -0.3 is 10.3 Å². The Morgan fingerprint density at radius 1 is 1.17 bits per heavy atom. The highest BCUT2D eigenvalue weighted by Gasteiger charge is 2.08. The minimum absolute atomic E-state index is 0.178. The first-order valence-electron chi connectivity index (χ1n) is 9.05. The Bertz CT molecular complexity index is 1220. The molecule has 0 bridgehead atoms. The van der Waals surface area contributed by atoms with E-state index in [0.29, 0.717) is 12.1 Å². The van der Waals surface area contributed by atoms with Gasteiger partial charge in [-0.15, -0.1) is 0 Å². The fraction of sp³-hybridized carbons (Fsp3) is 0.0435. The summed E-state index contributed by atoms with van der Waals surface area (Å²) in [6.07, 6.45) is 10.2. The summed E-state index contributed by atoms with van der Waals surface area (Å²) in [6.45, 7) is 0.448. The van der Waals surface area contributed by atoms with Crippen LogP contribution in [0.4, 0.5) is 0 Å². The number of carbonyl (C=O) groups excluding carboxylic acids is 1. The standard InChI is InChI=1S/C23H17N5O/c24-12-16-1-4-19(5-2-16)21-15-28-23-20(21)11-18(14-27-23)3-6-22(29)26-13-17-7-9-25-10-8-17/h1-11,14-15H,13H2,(H,26,29)(H,27,28)/b6-3+. The normalized spacial score (nSPS) is 10.9. The van der Waals surface area contributed by atoms with E-state index < -0.39 is 0 Å². The van der Waals surface area contributed by atoms with Crippen molar-refractivity contribution in [3.05, 3.63) is 90.0 Å². The molecule has 0 atom stereocenters. The number of fused-ring (bicyclic) bond motifs is 1. The summed E-state index contributed by atoms with van der Waals surface area (Å²) in [7, 11) is 0. The van der Waals surface area contributed by atoms with Gasteiger partial charge in [0.15, 0.2) is 0 Å². The van der Waals surface area contributed by atoms with Gasteiger partial charge in [0, 0.05) is 48.4 Å². The molecule has 3 aromatic heterocycles. The van der Waals surface area contributed by atoms with E-state index in [4.69, 9.17) is 5.26 Å². The molecule has 140 valence electrons. The first kappa shape index (κ1) is 18.1. The largest absolute Gasteiger partial charge is 0.348 e. The number of hydrogen-bond acceptors (Lipinski definition) is 4. The molecule has 1 aromatic carbocycles. The second-order valence-electron chi connectivity index (χ2n) is 6.46. The van der Waals surface area contributed by atoms with E-state index in [1.807, 2.05) is 36.5 Å².